The lowest BCUT2D eigenvalue weighted by Crippen LogP contribution is -2.48. The molecule has 2 N–H and O–H groups in total. The van der Waals surface area contributed by atoms with Crippen LogP contribution in [0.25, 0.3) is 0 Å². The zero-order valence-corrected chi connectivity index (χ0v) is 13.9. The van der Waals surface area contributed by atoms with E-state index < -0.39 is 11.6 Å². The third-order valence-corrected chi connectivity index (χ3v) is 2.72. The van der Waals surface area contributed by atoms with Gasteiger partial charge in [0.2, 0.25) is 11.8 Å². The third kappa shape index (κ3) is 9.05. The normalized spacial score (nSPS) is 12.7. The predicted octanol–water partition coefficient (Wildman–Crippen LogP) is 1.39. The second-order valence-corrected chi connectivity index (χ2v) is 6.34. The minimum atomic E-state index is -0.552. The molecule has 0 aliphatic heterocycles. The SMILES string of the molecule is CNC(=O)C(NC(=O)CCCC(=O)OC(C)(C)C)C(C)C. The smallest absolute Gasteiger partial charge is 0.306 e. The van der Waals surface area contributed by atoms with Gasteiger partial charge >= 0.3 is 5.97 Å². The third-order valence-electron chi connectivity index (χ3n) is 2.72. The molecule has 2 amide bonds. The molecular formula is C15H28N2O4. The summed E-state index contributed by atoms with van der Waals surface area (Å²) in [4.78, 5) is 34.9. The topological polar surface area (TPSA) is 84.5 Å². The maximum Gasteiger partial charge on any atom is 0.306 e. The van der Waals surface area contributed by atoms with Crippen LogP contribution in [0.15, 0.2) is 0 Å². The molecule has 0 aromatic heterocycles. The van der Waals surface area contributed by atoms with Crippen LogP contribution in [0.2, 0.25) is 0 Å². The summed E-state index contributed by atoms with van der Waals surface area (Å²) < 4.78 is 5.16. The van der Waals surface area contributed by atoms with Crippen molar-refractivity contribution in [2.75, 3.05) is 7.05 Å². The first-order chi connectivity index (χ1) is 9.56. The monoisotopic (exact) mass is 300 g/mol. The van der Waals surface area contributed by atoms with Crippen LogP contribution in [0.5, 0.6) is 0 Å². The number of ether oxygens (including phenoxy) is 1. The van der Waals surface area contributed by atoms with Crippen molar-refractivity contribution < 1.29 is 19.1 Å². The maximum atomic E-state index is 11.8. The van der Waals surface area contributed by atoms with Gasteiger partial charge in [-0.25, -0.2) is 0 Å². The Labute approximate surface area is 127 Å². The van der Waals surface area contributed by atoms with Crippen LogP contribution in [-0.2, 0) is 19.1 Å². The van der Waals surface area contributed by atoms with Crippen molar-refractivity contribution in [2.45, 2.75) is 65.5 Å². The van der Waals surface area contributed by atoms with Gasteiger partial charge in [-0.2, -0.15) is 0 Å². The van der Waals surface area contributed by atoms with Gasteiger partial charge in [0, 0.05) is 19.9 Å². The summed E-state index contributed by atoms with van der Waals surface area (Å²) in [5, 5.41) is 5.21. The van der Waals surface area contributed by atoms with E-state index >= 15 is 0 Å². The molecule has 0 aromatic carbocycles. The molecule has 6 nitrogen and oxygen atoms in total. The predicted molar refractivity (Wildman–Crippen MR) is 80.5 cm³/mol. The number of esters is 1. The molecule has 0 heterocycles. The van der Waals surface area contributed by atoms with Crippen molar-refractivity contribution in [3.05, 3.63) is 0 Å². The van der Waals surface area contributed by atoms with E-state index in [1.54, 1.807) is 20.8 Å². The van der Waals surface area contributed by atoms with Crippen LogP contribution in [0.3, 0.4) is 0 Å². The Morgan fingerprint density at radius 2 is 1.67 bits per heavy atom. The van der Waals surface area contributed by atoms with Gasteiger partial charge in [0.1, 0.15) is 11.6 Å². The van der Waals surface area contributed by atoms with E-state index in [0.717, 1.165) is 0 Å². The molecule has 122 valence electrons. The summed E-state index contributed by atoms with van der Waals surface area (Å²) >= 11 is 0. The second-order valence-electron chi connectivity index (χ2n) is 6.34. The molecule has 0 rings (SSSR count). The van der Waals surface area contributed by atoms with Gasteiger partial charge in [0.15, 0.2) is 0 Å². The number of rotatable bonds is 7. The van der Waals surface area contributed by atoms with Crippen molar-refractivity contribution in [1.82, 2.24) is 10.6 Å². The summed E-state index contributed by atoms with van der Waals surface area (Å²) in [5.74, 6) is -0.770. The number of likely N-dealkylation sites (N-methyl/N-ethyl adjacent to an activating group) is 1. The largest absolute Gasteiger partial charge is 0.460 e. The first kappa shape index (κ1) is 19.4. The van der Waals surface area contributed by atoms with Gasteiger partial charge in [-0.3, -0.25) is 14.4 Å². The number of carbonyl (C=O) groups excluding carboxylic acids is 3. The van der Waals surface area contributed by atoms with E-state index in [2.05, 4.69) is 10.6 Å². The fourth-order valence-corrected chi connectivity index (χ4v) is 1.72. The van der Waals surface area contributed by atoms with Gasteiger partial charge in [0.05, 0.1) is 0 Å². The molecule has 0 aliphatic carbocycles. The van der Waals surface area contributed by atoms with E-state index in [1.165, 1.54) is 7.05 Å². The Kier molecular flexibility index (Phi) is 7.99. The lowest BCUT2D eigenvalue weighted by Gasteiger charge is -2.21. The molecule has 0 aliphatic rings. The van der Waals surface area contributed by atoms with E-state index in [0.29, 0.717) is 6.42 Å². The molecule has 21 heavy (non-hydrogen) atoms. The van der Waals surface area contributed by atoms with Gasteiger partial charge in [0.25, 0.3) is 0 Å². The highest BCUT2D eigenvalue weighted by atomic mass is 16.6. The Balaban J connectivity index is 4.15. The highest BCUT2D eigenvalue weighted by Gasteiger charge is 2.23. The van der Waals surface area contributed by atoms with Crippen LogP contribution < -0.4 is 10.6 Å². The van der Waals surface area contributed by atoms with Crippen LogP contribution in [0.4, 0.5) is 0 Å². The van der Waals surface area contributed by atoms with Gasteiger partial charge in [-0.15, -0.1) is 0 Å². The second kappa shape index (κ2) is 8.64. The minimum Gasteiger partial charge on any atom is -0.460 e. The van der Waals surface area contributed by atoms with E-state index in [4.69, 9.17) is 4.74 Å². The molecule has 1 unspecified atom stereocenters. The molecule has 0 fully saturated rings. The standard InChI is InChI=1S/C15H28N2O4/c1-10(2)13(14(20)16-6)17-11(18)8-7-9-12(19)21-15(3,4)5/h10,13H,7-9H2,1-6H3,(H,16,20)(H,17,18). The summed E-state index contributed by atoms with van der Waals surface area (Å²) in [6.07, 6.45) is 0.787. The Bertz CT molecular complexity index is 372. The molecular weight excluding hydrogens is 272 g/mol. The fraction of sp³-hybridized carbons (Fsp3) is 0.800. The molecule has 0 saturated carbocycles. The highest BCUT2D eigenvalue weighted by molar-refractivity contribution is 5.87. The molecule has 0 saturated heterocycles. The highest BCUT2D eigenvalue weighted by Crippen LogP contribution is 2.10. The average molecular weight is 300 g/mol. The quantitative estimate of drug-likeness (QED) is 0.696. The molecule has 6 heteroatoms. The van der Waals surface area contributed by atoms with Crippen LogP contribution in [-0.4, -0.2) is 36.5 Å². The van der Waals surface area contributed by atoms with Crippen molar-refractivity contribution in [2.24, 2.45) is 5.92 Å². The lowest BCUT2D eigenvalue weighted by atomic mass is 10.0. The maximum absolute atomic E-state index is 11.8. The van der Waals surface area contributed by atoms with Crippen LogP contribution in [0.1, 0.15) is 53.9 Å². The van der Waals surface area contributed by atoms with Gasteiger partial charge in [-0.1, -0.05) is 13.8 Å². The molecule has 1 atom stereocenters. The summed E-state index contributed by atoms with van der Waals surface area (Å²) in [5.41, 5.74) is -0.513. The number of hydrogen-bond acceptors (Lipinski definition) is 4. The molecule has 0 radical (unpaired) electrons. The van der Waals surface area contributed by atoms with E-state index in [-0.39, 0.29) is 36.5 Å². The minimum absolute atomic E-state index is 0.000226. The number of carbonyl (C=O) groups is 3. The molecule has 0 bridgehead atoms. The lowest BCUT2D eigenvalue weighted by molar-refractivity contribution is -0.154. The Hall–Kier alpha value is -1.59. The number of hydrogen-bond donors (Lipinski definition) is 2. The van der Waals surface area contributed by atoms with Gasteiger partial charge in [-0.05, 0) is 33.1 Å². The first-order valence-corrected chi connectivity index (χ1v) is 7.29. The van der Waals surface area contributed by atoms with Crippen molar-refractivity contribution >= 4 is 17.8 Å². The first-order valence-electron chi connectivity index (χ1n) is 7.29. The summed E-state index contributed by atoms with van der Waals surface area (Å²) in [6.45, 7) is 9.12. The van der Waals surface area contributed by atoms with E-state index in [9.17, 15) is 14.4 Å². The van der Waals surface area contributed by atoms with Crippen molar-refractivity contribution in [3.8, 4) is 0 Å². The van der Waals surface area contributed by atoms with Crippen LogP contribution >= 0.6 is 0 Å². The summed E-state index contributed by atoms with van der Waals surface area (Å²) in [6, 6.07) is -0.552. The summed E-state index contributed by atoms with van der Waals surface area (Å²) in [7, 11) is 1.53. The van der Waals surface area contributed by atoms with Crippen molar-refractivity contribution in [3.63, 3.8) is 0 Å². The van der Waals surface area contributed by atoms with Gasteiger partial charge < -0.3 is 15.4 Å². The fourth-order valence-electron chi connectivity index (χ4n) is 1.72. The zero-order valence-electron chi connectivity index (χ0n) is 13.9. The number of nitrogens with one attached hydrogen (secondary N) is 2. The Morgan fingerprint density at radius 1 is 1.10 bits per heavy atom. The average Bonchev–Trinajstić information content (AvgIpc) is 2.32. The van der Waals surface area contributed by atoms with Crippen molar-refractivity contribution in [1.29, 1.82) is 0 Å². The Morgan fingerprint density at radius 3 is 2.10 bits per heavy atom. The molecule has 0 aromatic rings. The zero-order chi connectivity index (χ0) is 16.6. The van der Waals surface area contributed by atoms with Crippen LogP contribution in [0, 0.1) is 5.92 Å². The molecule has 0 spiro atoms. The number of amides is 2. The van der Waals surface area contributed by atoms with E-state index in [1.807, 2.05) is 13.8 Å².